The van der Waals surface area contributed by atoms with Crippen molar-refractivity contribution in [1.29, 1.82) is 0 Å². The van der Waals surface area contributed by atoms with E-state index in [-0.39, 0.29) is 0 Å². The van der Waals surface area contributed by atoms with Gasteiger partial charge in [0, 0.05) is 24.9 Å². The van der Waals surface area contributed by atoms with Crippen LogP contribution in [-0.2, 0) is 11.2 Å². The average Bonchev–Trinajstić information content (AvgIpc) is 2.46. The van der Waals surface area contributed by atoms with Gasteiger partial charge in [0.05, 0.1) is 13.7 Å². The number of hydrogen-bond donors (Lipinski definition) is 1. The lowest BCUT2D eigenvalue weighted by Crippen LogP contribution is -2.39. The second kappa shape index (κ2) is 6.71. The SMILES string of the molecule is CNC(Cc1ccc(OC)nc1)C1CCCOC1. The van der Waals surface area contributed by atoms with Crippen molar-refractivity contribution in [3.8, 4) is 5.88 Å². The lowest BCUT2D eigenvalue weighted by molar-refractivity contribution is 0.0405. The van der Waals surface area contributed by atoms with E-state index in [4.69, 9.17) is 9.47 Å². The largest absolute Gasteiger partial charge is 0.481 e. The van der Waals surface area contributed by atoms with Gasteiger partial charge in [0.2, 0.25) is 5.88 Å². The van der Waals surface area contributed by atoms with Crippen molar-refractivity contribution in [3.05, 3.63) is 23.9 Å². The molecule has 1 saturated heterocycles. The van der Waals surface area contributed by atoms with E-state index in [0.29, 0.717) is 17.8 Å². The summed E-state index contributed by atoms with van der Waals surface area (Å²) >= 11 is 0. The minimum Gasteiger partial charge on any atom is -0.481 e. The first-order valence-electron chi connectivity index (χ1n) is 6.57. The fourth-order valence-electron chi connectivity index (χ4n) is 2.49. The summed E-state index contributed by atoms with van der Waals surface area (Å²) in [4.78, 5) is 4.25. The highest BCUT2D eigenvalue weighted by Crippen LogP contribution is 2.20. The number of aromatic nitrogens is 1. The molecular weight excluding hydrogens is 228 g/mol. The zero-order chi connectivity index (χ0) is 12.8. The molecule has 0 bridgehead atoms. The van der Waals surface area contributed by atoms with Crippen LogP contribution < -0.4 is 10.1 Å². The van der Waals surface area contributed by atoms with E-state index >= 15 is 0 Å². The Kier molecular flexibility index (Phi) is 4.96. The maximum Gasteiger partial charge on any atom is 0.212 e. The minimum absolute atomic E-state index is 0.459. The molecule has 2 rings (SSSR count). The van der Waals surface area contributed by atoms with Gasteiger partial charge in [0.25, 0.3) is 0 Å². The van der Waals surface area contributed by atoms with Gasteiger partial charge in [-0.1, -0.05) is 6.07 Å². The molecule has 18 heavy (non-hydrogen) atoms. The molecule has 0 amide bonds. The maximum atomic E-state index is 5.56. The van der Waals surface area contributed by atoms with Crippen LogP contribution in [0.3, 0.4) is 0 Å². The Labute approximate surface area is 109 Å². The van der Waals surface area contributed by atoms with Crippen molar-refractivity contribution in [1.82, 2.24) is 10.3 Å². The van der Waals surface area contributed by atoms with Gasteiger partial charge in [0.1, 0.15) is 0 Å². The lowest BCUT2D eigenvalue weighted by atomic mass is 9.90. The highest BCUT2D eigenvalue weighted by Gasteiger charge is 2.23. The summed E-state index contributed by atoms with van der Waals surface area (Å²) in [5, 5.41) is 3.41. The van der Waals surface area contributed by atoms with E-state index in [0.717, 1.165) is 19.6 Å². The quantitative estimate of drug-likeness (QED) is 0.863. The van der Waals surface area contributed by atoms with E-state index < -0.39 is 0 Å². The Morgan fingerprint density at radius 3 is 3.00 bits per heavy atom. The van der Waals surface area contributed by atoms with Crippen molar-refractivity contribution in [2.75, 3.05) is 27.4 Å². The Morgan fingerprint density at radius 2 is 2.44 bits per heavy atom. The van der Waals surface area contributed by atoms with Crippen molar-refractivity contribution in [2.45, 2.75) is 25.3 Å². The van der Waals surface area contributed by atoms with Crippen molar-refractivity contribution < 1.29 is 9.47 Å². The predicted molar refractivity (Wildman–Crippen MR) is 70.9 cm³/mol. The molecule has 1 fully saturated rings. The van der Waals surface area contributed by atoms with Crippen LogP contribution in [0.15, 0.2) is 18.3 Å². The number of nitrogens with zero attached hydrogens (tertiary/aromatic N) is 1. The summed E-state index contributed by atoms with van der Waals surface area (Å²) in [6.45, 7) is 1.78. The minimum atomic E-state index is 0.459. The molecular formula is C14H22N2O2. The molecule has 1 aliphatic rings. The van der Waals surface area contributed by atoms with Gasteiger partial charge >= 0.3 is 0 Å². The van der Waals surface area contributed by atoms with E-state index in [9.17, 15) is 0 Å². The van der Waals surface area contributed by atoms with Crippen molar-refractivity contribution in [3.63, 3.8) is 0 Å². The van der Waals surface area contributed by atoms with Crippen LogP contribution in [0.2, 0.25) is 0 Å². The fourth-order valence-corrected chi connectivity index (χ4v) is 2.49. The third kappa shape index (κ3) is 3.43. The molecule has 100 valence electrons. The first kappa shape index (κ1) is 13.3. The Bertz CT molecular complexity index is 347. The molecule has 2 heterocycles. The smallest absolute Gasteiger partial charge is 0.212 e. The number of nitrogens with one attached hydrogen (secondary N) is 1. The Balaban J connectivity index is 1.95. The number of likely N-dealkylation sites (N-methyl/N-ethyl adjacent to an activating group) is 1. The third-order valence-corrected chi connectivity index (χ3v) is 3.60. The normalized spacial score (nSPS) is 21.6. The molecule has 4 heteroatoms. The molecule has 1 aliphatic heterocycles. The van der Waals surface area contributed by atoms with Crippen LogP contribution in [0, 0.1) is 5.92 Å². The molecule has 1 N–H and O–H groups in total. The van der Waals surface area contributed by atoms with Gasteiger partial charge in [0.15, 0.2) is 0 Å². The zero-order valence-corrected chi connectivity index (χ0v) is 11.2. The summed E-state index contributed by atoms with van der Waals surface area (Å²) in [5.74, 6) is 1.27. The second-order valence-corrected chi connectivity index (χ2v) is 4.79. The van der Waals surface area contributed by atoms with Gasteiger partial charge in [-0.15, -0.1) is 0 Å². The lowest BCUT2D eigenvalue weighted by Gasteiger charge is -2.30. The summed E-state index contributed by atoms with van der Waals surface area (Å²) in [5.41, 5.74) is 1.24. The highest BCUT2D eigenvalue weighted by molar-refractivity contribution is 5.18. The van der Waals surface area contributed by atoms with Gasteiger partial charge in [-0.05, 0) is 37.8 Å². The maximum absolute atomic E-state index is 5.56. The predicted octanol–water partition coefficient (Wildman–Crippen LogP) is 1.65. The molecule has 2 unspecified atom stereocenters. The number of hydrogen-bond acceptors (Lipinski definition) is 4. The molecule has 0 radical (unpaired) electrons. The Hall–Kier alpha value is -1.13. The highest BCUT2D eigenvalue weighted by atomic mass is 16.5. The third-order valence-electron chi connectivity index (χ3n) is 3.60. The van der Waals surface area contributed by atoms with E-state index in [1.54, 1.807) is 7.11 Å². The first-order chi connectivity index (χ1) is 8.83. The summed E-state index contributed by atoms with van der Waals surface area (Å²) < 4.78 is 10.6. The molecule has 1 aromatic rings. The molecule has 0 aliphatic carbocycles. The number of pyridine rings is 1. The average molecular weight is 250 g/mol. The van der Waals surface area contributed by atoms with E-state index in [1.165, 1.54) is 18.4 Å². The number of methoxy groups -OCH3 is 1. The van der Waals surface area contributed by atoms with Crippen LogP contribution in [0.5, 0.6) is 5.88 Å². The van der Waals surface area contributed by atoms with Gasteiger partial charge in [-0.2, -0.15) is 0 Å². The summed E-state index contributed by atoms with van der Waals surface area (Å²) in [7, 11) is 3.66. The van der Waals surface area contributed by atoms with E-state index in [2.05, 4.69) is 16.4 Å². The molecule has 0 saturated carbocycles. The van der Waals surface area contributed by atoms with Crippen molar-refractivity contribution in [2.24, 2.45) is 5.92 Å². The fraction of sp³-hybridized carbons (Fsp3) is 0.643. The molecule has 2 atom stereocenters. The molecule has 0 aromatic carbocycles. The van der Waals surface area contributed by atoms with Crippen LogP contribution in [-0.4, -0.2) is 38.4 Å². The van der Waals surface area contributed by atoms with Crippen molar-refractivity contribution >= 4 is 0 Å². The van der Waals surface area contributed by atoms with E-state index in [1.807, 2.05) is 19.3 Å². The van der Waals surface area contributed by atoms with Gasteiger partial charge in [-0.3, -0.25) is 0 Å². The molecule has 1 aromatic heterocycles. The standard InChI is InChI=1S/C14H22N2O2/c1-15-13(12-4-3-7-18-10-12)8-11-5-6-14(17-2)16-9-11/h5-6,9,12-13,15H,3-4,7-8,10H2,1-2H3. The molecule has 4 nitrogen and oxygen atoms in total. The zero-order valence-electron chi connectivity index (χ0n) is 11.2. The number of rotatable bonds is 5. The van der Waals surface area contributed by atoms with Crippen LogP contribution in [0.1, 0.15) is 18.4 Å². The van der Waals surface area contributed by atoms with Crippen LogP contribution >= 0.6 is 0 Å². The molecule has 0 spiro atoms. The summed E-state index contributed by atoms with van der Waals surface area (Å²) in [6.07, 6.45) is 5.30. The summed E-state index contributed by atoms with van der Waals surface area (Å²) in [6, 6.07) is 4.46. The Morgan fingerprint density at radius 1 is 1.56 bits per heavy atom. The van der Waals surface area contributed by atoms with Gasteiger partial charge in [-0.25, -0.2) is 4.98 Å². The first-order valence-corrected chi connectivity index (χ1v) is 6.57. The van der Waals surface area contributed by atoms with Gasteiger partial charge < -0.3 is 14.8 Å². The monoisotopic (exact) mass is 250 g/mol. The number of ether oxygens (including phenoxy) is 2. The second-order valence-electron chi connectivity index (χ2n) is 4.79. The van der Waals surface area contributed by atoms with Crippen LogP contribution in [0.25, 0.3) is 0 Å². The topological polar surface area (TPSA) is 43.4 Å². The van der Waals surface area contributed by atoms with Crippen LogP contribution in [0.4, 0.5) is 0 Å².